The van der Waals surface area contributed by atoms with E-state index in [1.54, 1.807) is 0 Å². The summed E-state index contributed by atoms with van der Waals surface area (Å²) < 4.78 is 0. The molecule has 0 aromatic heterocycles. The van der Waals surface area contributed by atoms with E-state index in [2.05, 4.69) is 13.8 Å². The summed E-state index contributed by atoms with van der Waals surface area (Å²) in [5, 5.41) is 9.49. The third kappa shape index (κ3) is 22.2. The Morgan fingerprint density at radius 2 is 0.700 bits per heavy atom. The molecule has 0 aliphatic rings. The second-order valence-corrected chi connectivity index (χ2v) is 9.68. The molecule has 0 aliphatic carbocycles. The minimum absolute atomic E-state index is 0.0952. The predicted molar refractivity (Wildman–Crippen MR) is 133 cm³/mol. The summed E-state index contributed by atoms with van der Waals surface area (Å²) in [6, 6.07) is 0. The van der Waals surface area contributed by atoms with Crippen molar-refractivity contribution in [3.8, 4) is 0 Å². The molecule has 30 heavy (non-hydrogen) atoms. The molecule has 0 saturated carbocycles. The zero-order valence-electron chi connectivity index (χ0n) is 20.9. The van der Waals surface area contributed by atoms with E-state index in [4.69, 9.17) is 0 Å². The second kappa shape index (κ2) is 24.7. The van der Waals surface area contributed by atoms with Crippen molar-refractivity contribution in [3.63, 3.8) is 0 Å². The van der Waals surface area contributed by atoms with E-state index in [0.29, 0.717) is 0 Å². The summed E-state index contributed by atoms with van der Waals surface area (Å²) >= 11 is 0. The average molecular weight is 425 g/mol. The van der Waals surface area contributed by atoms with Crippen molar-refractivity contribution in [3.05, 3.63) is 0 Å². The molecule has 180 valence electrons. The van der Waals surface area contributed by atoms with Crippen molar-refractivity contribution in [1.29, 1.82) is 0 Å². The lowest BCUT2D eigenvalue weighted by Gasteiger charge is -2.12. The molecule has 0 saturated heterocycles. The molecule has 0 rings (SSSR count). The van der Waals surface area contributed by atoms with E-state index in [1.165, 1.54) is 128 Å². The van der Waals surface area contributed by atoms with E-state index in [9.17, 15) is 9.90 Å². The molecule has 2 nitrogen and oxygen atoms in total. The molecule has 0 bridgehead atoms. The van der Waals surface area contributed by atoms with Crippen LogP contribution in [0.2, 0.25) is 0 Å². The van der Waals surface area contributed by atoms with Gasteiger partial charge in [-0.3, -0.25) is 4.79 Å². The molecule has 1 atom stereocenters. The fourth-order valence-corrected chi connectivity index (χ4v) is 4.50. The zero-order valence-corrected chi connectivity index (χ0v) is 20.9. The molecule has 0 unspecified atom stereocenters. The summed E-state index contributed by atoms with van der Waals surface area (Å²) in [6.45, 7) is 4.54. The molecule has 0 aromatic rings. The summed E-state index contributed by atoms with van der Waals surface area (Å²) in [5.41, 5.74) is 0. The molecule has 1 N–H and O–H groups in total. The van der Waals surface area contributed by atoms with E-state index < -0.39 is 5.97 Å². The SMILES string of the molecule is CCCCCCCCCCCCCC[C@H](CCCCCCCCCCCC)C(=O)O. The first-order valence-electron chi connectivity index (χ1n) is 13.9. The van der Waals surface area contributed by atoms with Crippen molar-refractivity contribution >= 4 is 5.97 Å². The molecule has 0 aromatic carbocycles. The van der Waals surface area contributed by atoms with Crippen molar-refractivity contribution < 1.29 is 9.90 Å². The largest absolute Gasteiger partial charge is 0.481 e. The Kier molecular flexibility index (Phi) is 24.3. The highest BCUT2D eigenvalue weighted by Gasteiger charge is 2.16. The van der Waals surface area contributed by atoms with Crippen LogP contribution in [0, 0.1) is 5.92 Å². The summed E-state index contributed by atoms with van der Waals surface area (Å²) in [7, 11) is 0. The number of carboxylic acids is 1. The number of carbonyl (C=O) groups is 1. The quantitative estimate of drug-likeness (QED) is 0.148. The number of hydrogen-bond donors (Lipinski definition) is 1. The molecule has 0 heterocycles. The van der Waals surface area contributed by atoms with Gasteiger partial charge in [-0.05, 0) is 12.8 Å². The van der Waals surface area contributed by atoms with Crippen molar-refractivity contribution in [2.24, 2.45) is 5.92 Å². The highest BCUT2D eigenvalue weighted by atomic mass is 16.4. The summed E-state index contributed by atoms with van der Waals surface area (Å²) in [4.78, 5) is 11.5. The summed E-state index contributed by atoms with van der Waals surface area (Å²) in [6.07, 6.45) is 31.1. The van der Waals surface area contributed by atoms with Gasteiger partial charge in [0.25, 0.3) is 0 Å². The first-order valence-corrected chi connectivity index (χ1v) is 13.9. The van der Waals surface area contributed by atoms with Crippen LogP contribution in [0.3, 0.4) is 0 Å². The van der Waals surface area contributed by atoms with Gasteiger partial charge in [-0.2, -0.15) is 0 Å². The fraction of sp³-hybridized carbons (Fsp3) is 0.964. The van der Waals surface area contributed by atoms with Gasteiger partial charge in [0.05, 0.1) is 5.92 Å². The topological polar surface area (TPSA) is 37.3 Å². The standard InChI is InChI=1S/C28H56O2/c1-3-5-7-9-11-13-15-16-18-20-22-24-26-27(28(29)30)25-23-21-19-17-14-12-10-8-6-4-2/h27H,3-26H2,1-2H3,(H,29,30)/t27-/m0/s1. The second-order valence-electron chi connectivity index (χ2n) is 9.68. The molecule has 0 fully saturated rings. The fourth-order valence-electron chi connectivity index (χ4n) is 4.50. The van der Waals surface area contributed by atoms with Gasteiger partial charge in [0.2, 0.25) is 0 Å². The molecule has 2 heteroatoms. The maximum absolute atomic E-state index is 11.5. The van der Waals surface area contributed by atoms with Gasteiger partial charge in [-0.1, -0.05) is 155 Å². The van der Waals surface area contributed by atoms with Gasteiger partial charge in [0.15, 0.2) is 0 Å². The van der Waals surface area contributed by atoms with Gasteiger partial charge in [-0.15, -0.1) is 0 Å². The highest BCUT2D eigenvalue weighted by molar-refractivity contribution is 5.69. The van der Waals surface area contributed by atoms with Crippen LogP contribution in [-0.4, -0.2) is 11.1 Å². The normalized spacial score (nSPS) is 12.3. The van der Waals surface area contributed by atoms with Crippen molar-refractivity contribution in [2.45, 2.75) is 168 Å². The van der Waals surface area contributed by atoms with E-state index >= 15 is 0 Å². The third-order valence-corrected chi connectivity index (χ3v) is 6.66. The predicted octanol–water partition coefficient (Wildman–Crippen LogP) is 10.1. The van der Waals surface area contributed by atoms with Crippen LogP contribution in [0.5, 0.6) is 0 Å². The third-order valence-electron chi connectivity index (χ3n) is 6.66. The van der Waals surface area contributed by atoms with E-state index in [0.717, 1.165) is 25.7 Å². The van der Waals surface area contributed by atoms with Crippen LogP contribution >= 0.6 is 0 Å². The minimum Gasteiger partial charge on any atom is -0.481 e. The maximum atomic E-state index is 11.5. The molecular formula is C28H56O2. The molecule has 0 spiro atoms. The Hall–Kier alpha value is -0.530. The molecule has 0 aliphatic heterocycles. The lowest BCUT2D eigenvalue weighted by atomic mass is 9.94. The Morgan fingerprint density at radius 3 is 0.933 bits per heavy atom. The Labute approximate surface area is 190 Å². The molecule has 0 amide bonds. The Bertz CT molecular complexity index is 340. The number of hydrogen-bond acceptors (Lipinski definition) is 1. The number of aliphatic carboxylic acids is 1. The maximum Gasteiger partial charge on any atom is 0.306 e. The van der Waals surface area contributed by atoms with Crippen LogP contribution in [0.25, 0.3) is 0 Å². The first kappa shape index (κ1) is 29.5. The van der Waals surface area contributed by atoms with Crippen molar-refractivity contribution in [1.82, 2.24) is 0 Å². The zero-order chi connectivity index (χ0) is 22.1. The van der Waals surface area contributed by atoms with E-state index in [1.807, 2.05) is 0 Å². The Balaban J connectivity index is 3.43. The molecule has 0 radical (unpaired) electrons. The van der Waals surface area contributed by atoms with Crippen LogP contribution < -0.4 is 0 Å². The van der Waals surface area contributed by atoms with Gasteiger partial charge in [0, 0.05) is 0 Å². The van der Waals surface area contributed by atoms with Crippen molar-refractivity contribution in [2.75, 3.05) is 0 Å². The van der Waals surface area contributed by atoms with Gasteiger partial charge < -0.3 is 5.11 Å². The summed E-state index contributed by atoms with van der Waals surface area (Å²) in [5.74, 6) is -0.656. The lowest BCUT2D eigenvalue weighted by molar-refractivity contribution is -0.142. The molecular weight excluding hydrogens is 368 g/mol. The van der Waals surface area contributed by atoms with Gasteiger partial charge in [0.1, 0.15) is 0 Å². The number of carboxylic acid groups (broad SMARTS) is 1. The first-order chi connectivity index (χ1) is 14.7. The van der Waals surface area contributed by atoms with Crippen LogP contribution in [-0.2, 0) is 4.79 Å². The highest BCUT2D eigenvalue weighted by Crippen LogP contribution is 2.20. The lowest BCUT2D eigenvalue weighted by Crippen LogP contribution is -2.13. The average Bonchev–Trinajstić information content (AvgIpc) is 2.74. The van der Waals surface area contributed by atoms with Crippen LogP contribution in [0.4, 0.5) is 0 Å². The number of unbranched alkanes of at least 4 members (excludes halogenated alkanes) is 20. The van der Waals surface area contributed by atoms with Gasteiger partial charge >= 0.3 is 5.97 Å². The van der Waals surface area contributed by atoms with Crippen LogP contribution in [0.15, 0.2) is 0 Å². The van der Waals surface area contributed by atoms with E-state index in [-0.39, 0.29) is 5.92 Å². The minimum atomic E-state index is -0.561. The monoisotopic (exact) mass is 424 g/mol. The smallest absolute Gasteiger partial charge is 0.306 e. The Morgan fingerprint density at radius 1 is 0.467 bits per heavy atom. The van der Waals surface area contributed by atoms with Crippen LogP contribution in [0.1, 0.15) is 168 Å². The van der Waals surface area contributed by atoms with Gasteiger partial charge in [-0.25, -0.2) is 0 Å². The number of rotatable bonds is 25.